The number of nitrogens with zero attached hydrogens (tertiary/aromatic N) is 2. The van der Waals surface area contributed by atoms with Crippen LogP contribution in [0.4, 0.5) is 0 Å². The van der Waals surface area contributed by atoms with Crippen LogP contribution in [0.15, 0.2) is 30.7 Å². The molecule has 0 fully saturated rings. The van der Waals surface area contributed by atoms with Gasteiger partial charge in [0.2, 0.25) is 0 Å². The van der Waals surface area contributed by atoms with Gasteiger partial charge < -0.3 is 10.1 Å². The zero-order valence-electron chi connectivity index (χ0n) is 11.9. The number of hydrogen-bond donors (Lipinski definition) is 1. The van der Waals surface area contributed by atoms with E-state index in [9.17, 15) is 0 Å². The Morgan fingerprint density at radius 3 is 2.67 bits per heavy atom. The number of halogens is 2. The molecule has 0 aliphatic heterocycles. The molecule has 112 valence electrons. The fourth-order valence-corrected chi connectivity index (χ4v) is 2.54. The molecule has 2 rings (SSSR count). The van der Waals surface area contributed by atoms with Crippen LogP contribution in [0.5, 0.6) is 5.75 Å². The molecule has 1 unspecified atom stereocenters. The van der Waals surface area contributed by atoms with Crippen LogP contribution in [-0.2, 0) is 0 Å². The quantitative estimate of drug-likeness (QED) is 0.875. The lowest BCUT2D eigenvalue weighted by Crippen LogP contribution is -2.23. The molecule has 4 nitrogen and oxygen atoms in total. The Balaban J connectivity index is 2.40. The van der Waals surface area contributed by atoms with E-state index in [1.807, 2.05) is 19.9 Å². The maximum atomic E-state index is 6.27. The van der Waals surface area contributed by atoms with E-state index in [-0.39, 0.29) is 6.04 Å². The van der Waals surface area contributed by atoms with E-state index < -0.39 is 0 Å². The normalized spacial score (nSPS) is 12.2. The average Bonchev–Trinajstić information content (AvgIpc) is 2.46. The van der Waals surface area contributed by atoms with Gasteiger partial charge in [-0.2, -0.15) is 0 Å². The smallest absolute Gasteiger partial charge is 0.137 e. The second kappa shape index (κ2) is 7.59. The van der Waals surface area contributed by atoms with Crippen molar-refractivity contribution in [2.75, 3.05) is 13.2 Å². The van der Waals surface area contributed by atoms with Gasteiger partial charge in [-0.15, -0.1) is 0 Å². The summed E-state index contributed by atoms with van der Waals surface area (Å²) >= 11 is 12.2. The number of hydrogen-bond acceptors (Lipinski definition) is 4. The topological polar surface area (TPSA) is 47.0 Å². The predicted molar refractivity (Wildman–Crippen MR) is 85.2 cm³/mol. The minimum absolute atomic E-state index is 0.160. The maximum Gasteiger partial charge on any atom is 0.137 e. The van der Waals surface area contributed by atoms with Crippen LogP contribution in [0.1, 0.15) is 31.1 Å². The largest absolute Gasteiger partial charge is 0.492 e. The molecule has 0 aromatic carbocycles. The SMILES string of the molecule is CCNC(c1cncc(OCC)c1)c1ncc(Cl)cc1Cl. The number of nitrogens with one attached hydrogen (secondary N) is 1. The Kier molecular flexibility index (Phi) is 5.79. The molecule has 0 aliphatic rings. The lowest BCUT2D eigenvalue weighted by atomic mass is 10.0. The van der Waals surface area contributed by atoms with Crippen molar-refractivity contribution >= 4 is 23.2 Å². The van der Waals surface area contributed by atoms with Crippen LogP contribution in [0, 0.1) is 0 Å². The fraction of sp³-hybridized carbons (Fsp3) is 0.333. The summed E-state index contributed by atoms with van der Waals surface area (Å²) in [6, 6.07) is 3.47. The molecule has 0 aliphatic carbocycles. The summed E-state index contributed by atoms with van der Waals surface area (Å²) in [5.41, 5.74) is 1.66. The highest BCUT2D eigenvalue weighted by Gasteiger charge is 2.19. The first kappa shape index (κ1) is 16.0. The molecule has 6 heteroatoms. The predicted octanol–water partition coefficient (Wildman–Crippen LogP) is 3.88. The van der Waals surface area contributed by atoms with Gasteiger partial charge in [-0.25, -0.2) is 0 Å². The summed E-state index contributed by atoms with van der Waals surface area (Å²) in [6.07, 6.45) is 5.06. The molecular weight excluding hydrogens is 309 g/mol. The van der Waals surface area contributed by atoms with Crippen LogP contribution in [0.3, 0.4) is 0 Å². The number of pyridine rings is 2. The Morgan fingerprint density at radius 2 is 2.00 bits per heavy atom. The lowest BCUT2D eigenvalue weighted by Gasteiger charge is -2.19. The summed E-state index contributed by atoms with van der Waals surface area (Å²) < 4.78 is 5.50. The molecule has 0 bridgehead atoms. The second-order valence-electron chi connectivity index (χ2n) is 4.40. The van der Waals surface area contributed by atoms with Gasteiger partial charge in [0.25, 0.3) is 0 Å². The van der Waals surface area contributed by atoms with Crippen molar-refractivity contribution in [1.82, 2.24) is 15.3 Å². The van der Waals surface area contributed by atoms with Crippen LogP contribution < -0.4 is 10.1 Å². The first-order valence-corrected chi connectivity index (χ1v) is 7.53. The Hall–Kier alpha value is -1.36. The van der Waals surface area contributed by atoms with Gasteiger partial charge in [0.05, 0.1) is 34.6 Å². The molecular formula is C15H17Cl2N3O. The third kappa shape index (κ3) is 4.06. The van der Waals surface area contributed by atoms with E-state index in [0.29, 0.717) is 16.7 Å². The van der Waals surface area contributed by atoms with Gasteiger partial charge in [0.1, 0.15) is 5.75 Å². The van der Waals surface area contributed by atoms with E-state index in [2.05, 4.69) is 15.3 Å². The maximum absolute atomic E-state index is 6.27. The zero-order chi connectivity index (χ0) is 15.2. The number of rotatable bonds is 6. The van der Waals surface area contributed by atoms with Crippen LogP contribution in [-0.4, -0.2) is 23.1 Å². The Morgan fingerprint density at radius 1 is 1.19 bits per heavy atom. The van der Waals surface area contributed by atoms with Gasteiger partial charge >= 0.3 is 0 Å². The second-order valence-corrected chi connectivity index (χ2v) is 5.24. The van der Waals surface area contributed by atoms with Gasteiger partial charge in [0, 0.05) is 12.4 Å². The molecule has 1 atom stereocenters. The number of ether oxygens (including phenoxy) is 1. The van der Waals surface area contributed by atoms with Gasteiger partial charge in [-0.05, 0) is 31.2 Å². The molecule has 21 heavy (non-hydrogen) atoms. The molecule has 2 heterocycles. The average molecular weight is 326 g/mol. The summed E-state index contributed by atoms with van der Waals surface area (Å²) in [5.74, 6) is 0.725. The third-order valence-electron chi connectivity index (χ3n) is 2.90. The van der Waals surface area contributed by atoms with Crippen molar-refractivity contribution in [3.63, 3.8) is 0 Å². The minimum Gasteiger partial charge on any atom is -0.492 e. The van der Waals surface area contributed by atoms with Gasteiger partial charge in [-0.1, -0.05) is 30.1 Å². The van der Waals surface area contributed by atoms with Crippen LogP contribution in [0.25, 0.3) is 0 Å². The third-order valence-corrected chi connectivity index (χ3v) is 3.41. The van der Waals surface area contributed by atoms with E-state index >= 15 is 0 Å². The highest BCUT2D eigenvalue weighted by atomic mass is 35.5. The molecule has 0 radical (unpaired) electrons. The first-order chi connectivity index (χ1) is 10.2. The van der Waals surface area contributed by atoms with E-state index in [1.165, 1.54) is 0 Å². The van der Waals surface area contributed by atoms with Crippen molar-refractivity contribution in [1.29, 1.82) is 0 Å². The highest BCUT2D eigenvalue weighted by Crippen LogP contribution is 2.29. The molecule has 1 N–H and O–H groups in total. The van der Waals surface area contributed by atoms with Gasteiger partial charge in [0.15, 0.2) is 0 Å². The van der Waals surface area contributed by atoms with Crippen LogP contribution >= 0.6 is 23.2 Å². The van der Waals surface area contributed by atoms with Crippen LogP contribution in [0.2, 0.25) is 10.0 Å². The minimum atomic E-state index is -0.160. The standard InChI is InChI=1S/C15H17Cl2N3O/c1-3-19-14(15-13(17)6-11(16)8-20-15)10-5-12(21-4-2)9-18-7-10/h5-9,14,19H,3-4H2,1-2H3. The highest BCUT2D eigenvalue weighted by molar-refractivity contribution is 6.34. The van der Waals surface area contributed by atoms with Crippen molar-refractivity contribution in [3.05, 3.63) is 52.0 Å². The summed E-state index contributed by atoms with van der Waals surface area (Å²) in [4.78, 5) is 8.57. The van der Waals surface area contributed by atoms with E-state index in [1.54, 1.807) is 24.7 Å². The van der Waals surface area contributed by atoms with Crippen molar-refractivity contribution < 1.29 is 4.74 Å². The first-order valence-electron chi connectivity index (χ1n) is 6.77. The summed E-state index contributed by atoms with van der Waals surface area (Å²) in [6.45, 7) is 5.32. The molecule has 0 saturated carbocycles. The van der Waals surface area contributed by atoms with Crippen molar-refractivity contribution in [2.45, 2.75) is 19.9 Å². The number of aromatic nitrogens is 2. The van der Waals surface area contributed by atoms with E-state index in [4.69, 9.17) is 27.9 Å². The van der Waals surface area contributed by atoms with E-state index in [0.717, 1.165) is 23.6 Å². The lowest BCUT2D eigenvalue weighted by molar-refractivity contribution is 0.338. The molecule has 2 aromatic heterocycles. The molecule has 0 spiro atoms. The molecule has 2 aromatic rings. The Labute approximate surface area is 134 Å². The monoisotopic (exact) mass is 325 g/mol. The summed E-state index contributed by atoms with van der Waals surface area (Å²) in [5, 5.41) is 4.40. The fourth-order valence-electron chi connectivity index (χ4n) is 2.05. The Bertz CT molecular complexity index is 607. The molecule has 0 amide bonds. The van der Waals surface area contributed by atoms with Crippen molar-refractivity contribution in [3.8, 4) is 5.75 Å². The zero-order valence-corrected chi connectivity index (χ0v) is 13.4. The summed E-state index contributed by atoms with van der Waals surface area (Å²) in [7, 11) is 0. The molecule has 0 saturated heterocycles. The van der Waals surface area contributed by atoms with Crippen molar-refractivity contribution in [2.24, 2.45) is 0 Å². The van der Waals surface area contributed by atoms with Gasteiger partial charge in [-0.3, -0.25) is 9.97 Å².